The maximum Gasteiger partial charge on any atom is 0.112 e. The third-order valence-electron chi connectivity index (χ3n) is 2.29. The number of nitrogens with two attached hydrogens (primary N) is 1. The monoisotopic (exact) mass is 244 g/mol. The van der Waals surface area contributed by atoms with E-state index in [9.17, 15) is 0 Å². The second-order valence-electron chi connectivity index (χ2n) is 3.63. The van der Waals surface area contributed by atoms with Crippen LogP contribution in [-0.2, 0) is 6.54 Å². The van der Waals surface area contributed by atoms with Gasteiger partial charge in [0.25, 0.3) is 0 Å². The molecule has 0 fully saturated rings. The average Bonchev–Trinajstić information content (AvgIpc) is 2.74. The van der Waals surface area contributed by atoms with Crippen LogP contribution in [0.5, 0.6) is 0 Å². The van der Waals surface area contributed by atoms with E-state index in [0.717, 1.165) is 10.7 Å². The summed E-state index contributed by atoms with van der Waals surface area (Å²) in [6, 6.07) is 7.39. The number of nitriles is 1. The average molecular weight is 244 g/mol. The van der Waals surface area contributed by atoms with E-state index in [1.54, 1.807) is 23.5 Å². The Balaban J connectivity index is 2.07. The van der Waals surface area contributed by atoms with Gasteiger partial charge in [-0.3, -0.25) is 0 Å². The lowest BCUT2D eigenvalue weighted by atomic mass is 10.2. The first-order valence-electron chi connectivity index (χ1n) is 5.14. The van der Waals surface area contributed by atoms with Gasteiger partial charge in [-0.2, -0.15) is 5.26 Å². The summed E-state index contributed by atoms with van der Waals surface area (Å²) in [6.07, 6.45) is 1.85. The molecular weight excluding hydrogens is 232 g/mol. The Morgan fingerprint density at radius 3 is 3.00 bits per heavy atom. The number of aryl methyl sites for hydroxylation is 1. The lowest BCUT2D eigenvalue weighted by molar-refractivity contribution is 1.10. The molecule has 1 aromatic heterocycles. The van der Waals surface area contributed by atoms with Crippen LogP contribution in [0.1, 0.15) is 15.4 Å². The molecule has 3 N–H and O–H groups in total. The highest BCUT2D eigenvalue weighted by molar-refractivity contribution is 7.11. The molecule has 0 aliphatic heterocycles. The van der Waals surface area contributed by atoms with E-state index in [1.807, 2.05) is 19.2 Å². The maximum atomic E-state index is 8.86. The standard InChI is InChI=1S/C12H12N4S/c1-8-6-16-12(17-8)7-15-10-2-3-11(14)9(4-10)5-13/h2-4,6,15H,7,14H2,1H3. The molecule has 0 saturated heterocycles. The summed E-state index contributed by atoms with van der Waals surface area (Å²) in [5.41, 5.74) is 7.52. The van der Waals surface area contributed by atoms with E-state index in [0.29, 0.717) is 17.8 Å². The van der Waals surface area contributed by atoms with Crippen LogP contribution in [0.15, 0.2) is 24.4 Å². The van der Waals surface area contributed by atoms with Crippen molar-refractivity contribution in [3.63, 3.8) is 0 Å². The Morgan fingerprint density at radius 1 is 1.53 bits per heavy atom. The van der Waals surface area contributed by atoms with Gasteiger partial charge in [0.2, 0.25) is 0 Å². The van der Waals surface area contributed by atoms with Crippen molar-refractivity contribution in [1.29, 1.82) is 5.26 Å². The molecule has 0 unspecified atom stereocenters. The Kier molecular flexibility index (Phi) is 3.26. The van der Waals surface area contributed by atoms with Gasteiger partial charge in [-0.05, 0) is 25.1 Å². The number of nitrogens with one attached hydrogen (secondary N) is 1. The lowest BCUT2D eigenvalue weighted by Crippen LogP contribution is -2.00. The third kappa shape index (κ3) is 2.74. The molecule has 1 aromatic carbocycles. The van der Waals surface area contributed by atoms with Gasteiger partial charge in [-0.1, -0.05) is 0 Å². The van der Waals surface area contributed by atoms with Gasteiger partial charge in [-0.25, -0.2) is 4.98 Å². The van der Waals surface area contributed by atoms with Gasteiger partial charge in [0.05, 0.1) is 12.1 Å². The number of nitrogen functional groups attached to an aromatic ring is 1. The van der Waals surface area contributed by atoms with Crippen LogP contribution < -0.4 is 11.1 Å². The molecule has 17 heavy (non-hydrogen) atoms. The summed E-state index contributed by atoms with van der Waals surface area (Å²) in [4.78, 5) is 5.45. The van der Waals surface area contributed by atoms with Gasteiger partial charge in [0.1, 0.15) is 11.1 Å². The summed E-state index contributed by atoms with van der Waals surface area (Å²) < 4.78 is 0. The second kappa shape index (κ2) is 4.85. The number of anilines is 2. The molecule has 0 aliphatic carbocycles. The second-order valence-corrected chi connectivity index (χ2v) is 4.95. The maximum absolute atomic E-state index is 8.86. The highest BCUT2D eigenvalue weighted by Crippen LogP contribution is 2.18. The Morgan fingerprint density at radius 2 is 2.35 bits per heavy atom. The van der Waals surface area contributed by atoms with Crippen molar-refractivity contribution >= 4 is 22.7 Å². The van der Waals surface area contributed by atoms with Crippen molar-refractivity contribution in [2.24, 2.45) is 0 Å². The van der Waals surface area contributed by atoms with E-state index in [4.69, 9.17) is 11.0 Å². The van der Waals surface area contributed by atoms with E-state index in [2.05, 4.69) is 16.4 Å². The summed E-state index contributed by atoms with van der Waals surface area (Å²) in [7, 11) is 0. The topological polar surface area (TPSA) is 74.7 Å². The molecule has 5 heteroatoms. The molecule has 0 atom stereocenters. The molecular formula is C12H12N4S. The van der Waals surface area contributed by atoms with Crippen molar-refractivity contribution in [3.05, 3.63) is 39.8 Å². The van der Waals surface area contributed by atoms with Gasteiger partial charge >= 0.3 is 0 Å². The molecule has 0 amide bonds. The minimum Gasteiger partial charge on any atom is -0.398 e. The van der Waals surface area contributed by atoms with Gasteiger partial charge in [0, 0.05) is 22.4 Å². The normalized spacial score (nSPS) is 9.88. The smallest absolute Gasteiger partial charge is 0.112 e. The molecule has 2 rings (SSSR count). The highest BCUT2D eigenvalue weighted by atomic mass is 32.1. The minimum absolute atomic E-state index is 0.491. The van der Waals surface area contributed by atoms with Crippen LogP contribution in [0, 0.1) is 18.3 Å². The van der Waals surface area contributed by atoms with Crippen LogP contribution in [0.4, 0.5) is 11.4 Å². The fraction of sp³-hybridized carbons (Fsp3) is 0.167. The Hall–Kier alpha value is -2.06. The van der Waals surface area contributed by atoms with Gasteiger partial charge < -0.3 is 11.1 Å². The Labute approximate surface area is 104 Å². The number of benzene rings is 1. The van der Waals surface area contributed by atoms with Gasteiger partial charge in [0.15, 0.2) is 0 Å². The molecule has 0 aliphatic rings. The van der Waals surface area contributed by atoms with Crippen molar-refractivity contribution in [2.45, 2.75) is 13.5 Å². The zero-order chi connectivity index (χ0) is 12.3. The largest absolute Gasteiger partial charge is 0.398 e. The van der Waals surface area contributed by atoms with Crippen molar-refractivity contribution in [3.8, 4) is 6.07 Å². The number of hydrogen-bond donors (Lipinski definition) is 2. The first-order valence-corrected chi connectivity index (χ1v) is 5.95. The predicted octanol–water partition coefficient (Wildman–Crippen LogP) is 2.52. The molecule has 4 nitrogen and oxygen atoms in total. The van der Waals surface area contributed by atoms with Crippen molar-refractivity contribution < 1.29 is 0 Å². The van der Waals surface area contributed by atoms with Crippen molar-refractivity contribution in [2.75, 3.05) is 11.1 Å². The summed E-state index contributed by atoms with van der Waals surface area (Å²) in [5.74, 6) is 0. The van der Waals surface area contributed by atoms with Crippen LogP contribution in [0.3, 0.4) is 0 Å². The lowest BCUT2D eigenvalue weighted by Gasteiger charge is -2.05. The zero-order valence-electron chi connectivity index (χ0n) is 9.40. The third-order valence-corrected chi connectivity index (χ3v) is 3.20. The van der Waals surface area contributed by atoms with Crippen LogP contribution >= 0.6 is 11.3 Å². The Bertz CT molecular complexity index is 568. The molecule has 0 radical (unpaired) electrons. The SMILES string of the molecule is Cc1cnc(CNc2ccc(N)c(C#N)c2)s1. The molecule has 1 heterocycles. The number of aromatic nitrogens is 1. The van der Waals surface area contributed by atoms with Gasteiger partial charge in [-0.15, -0.1) is 11.3 Å². The summed E-state index contributed by atoms with van der Waals surface area (Å²) in [5, 5.41) is 13.1. The molecule has 2 aromatic rings. The van der Waals surface area contributed by atoms with Crippen LogP contribution in [0.25, 0.3) is 0 Å². The van der Waals surface area contributed by atoms with E-state index >= 15 is 0 Å². The predicted molar refractivity (Wildman–Crippen MR) is 69.7 cm³/mol. The highest BCUT2D eigenvalue weighted by Gasteiger charge is 2.02. The molecule has 0 spiro atoms. The quantitative estimate of drug-likeness (QED) is 0.813. The van der Waals surface area contributed by atoms with E-state index < -0.39 is 0 Å². The molecule has 0 saturated carbocycles. The minimum atomic E-state index is 0.491. The number of nitrogens with zero attached hydrogens (tertiary/aromatic N) is 2. The zero-order valence-corrected chi connectivity index (χ0v) is 10.2. The number of thiazole rings is 1. The van der Waals surface area contributed by atoms with Crippen LogP contribution in [0.2, 0.25) is 0 Å². The first-order chi connectivity index (χ1) is 8.19. The summed E-state index contributed by atoms with van der Waals surface area (Å²) in [6.45, 7) is 2.69. The van der Waals surface area contributed by atoms with Crippen LogP contribution in [-0.4, -0.2) is 4.98 Å². The number of hydrogen-bond acceptors (Lipinski definition) is 5. The molecule has 0 bridgehead atoms. The van der Waals surface area contributed by atoms with E-state index in [-0.39, 0.29) is 0 Å². The fourth-order valence-electron chi connectivity index (χ4n) is 1.42. The fourth-order valence-corrected chi connectivity index (χ4v) is 2.15. The molecule has 86 valence electrons. The van der Waals surface area contributed by atoms with E-state index in [1.165, 1.54) is 4.88 Å². The van der Waals surface area contributed by atoms with Crippen molar-refractivity contribution in [1.82, 2.24) is 4.98 Å². The first kappa shape index (κ1) is 11.4. The summed E-state index contributed by atoms with van der Waals surface area (Å²) >= 11 is 1.66. The number of rotatable bonds is 3.